The lowest BCUT2D eigenvalue weighted by Crippen LogP contribution is -2.34. The Hall–Kier alpha value is -1.74. The molecule has 0 aliphatic heterocycles. The Labute approximate surface area is 231 Å². The monoisotopic (exact) mass is 569 g/mol. The number of ether oxygens (including phenoxy) is 1. The van der Waals surface area contributed by atoms with Crippen LogP contribution in [-0.2, 0) is 37.7 Å². The highest BCUT2D eigenvalue weighted by molar-refractivity contribution is 7.47. The summed E-state index contributed by atoms with van der Waals surface area (Å²) < 4.78 is 27.5. The van der Waals surface area contributed by atoms with Crippen molar-refractivity contribution in [3.05, 3.63) is 51.7 Å². The molecule has 0 fully saturated rings. The summed E-state index contributed by atoms with van der Waals surface area (Å²) >= 11 is 1.64. The van der Waals surface area contributed by atoms with Gasteiger partial charge in [0.2, 0.25) is 0 Å². The van der Waals surface area contributed by atoms with Crippen molar-refractivity contribution in [3.8, 4) is 5.75 Å². The second kappa shape index (κ2) is 18.5. The maximum atomic E-state index is 11.9. The summed E-state index contributed by atoms with van der Waals surface area (Å²) in [5, 5.41) is 8.72. The minimum Gasteiger partial charge on any atom is -0.493 e. The summed E-state index contributed by atoms with van der Waals surface area (Å²) in [5.74, 6) is -0.359. The van der Waals surface area contributed by atoms with Crippen molar-refractivity contribution in [1.29, 1.82) is 0 Å². The van der Waals surface area contributed by atoms with E-state index in [0.29, 0.717) is 6.42 Å². The molecular formula is C28H44NO7PS. The second-order valence-electron chi connectivity index (χ2n) is 9.44. The lowest BCUT2D eigenvalue weighted by Gasteiger charge is -2.13. The molecule has 8 nitrogen and oxygen atoms in total. The van der Waals surface area contributed by atoms with Crippen LogP contribution >= 0.6 is 19.2 Å². The van der Waals surface area contributed by atoms with Crippen molar-refractivity contribution >= 4 is 25.1 Å². The van der Waals surface area contributed by atoms with Gasteiger partial charge in [-0.2, -0.15) is 0 Å². The number of phosphoric acid groups is 1. The molecule has 2 rings (SSSR count). The first-order valence-electron chi connectivity index (χ1n) is 13.7. The number of nitrogens with two attached hydrogens (primary N) is 1. The zero-order valence-electron chi connectivity index (χ0n) is 22.5. The number of hydrogen-bond acceptors (Lipinski definition) is 7. The highest BCUT2D eigenvalue weighted by atomic mass is 32.1. The first-order chi connectivity index (χ1) is 18.3. The van der Waals surface area contributed by atoms with E-state index in [1.165, 1.54) is 61.8 Å². The summed E-state index contributed by atoms with van der Waals surface area (Å²) in [6.07, 6.45) is 13.8. The Bertz CT molecular complexity index is 984. The largest absolute Gasteiger partial charge is 0.493 e. The number of benzene rings is 1. The Morgan fingerprint density at radius 3 is 2.21 bits per heavy atom. The fourth-order valence-electron chi connectivity index (χ4n) is 3.94. The molecule has 2 aromatic rings. The summed E-state index contributed by atoms with van der Waals surface area (Å²) in [7, 11) is -4.35. The standard InChI is InChI=1S/C28H44NO7PS/c1-2-3-4-5-6-7-8-9-12-20-34-27-14-11-10-13-23(27)15-16-24-17-18-25(38-24)19-21-35-37(32,33)36-22-26(29)28(30)31/h10-11,13-14,17-18,26H,2-9,12,15-16,19-22,29H2,1H3,(H,30,31)(H,32,33)/t26-/m0/s1. The number of rotatable bonds is 22. The molecule has 0 amide bonds. The Balaban J connectivity index is 1.66. The second-order valence-corrected chi connectivity index (χ2v) is 12.2. The fourth-order valence-corrected chi connectivity index (χ4v) is 5.68. The molecule has 4 N–H and O–H groups in total. The number of hydrogen-bond donors (Lipinski definition) is 3. The highest BCUT2D eigenvalue weighted by Crippen LogP contribution is 2.43. The van der Waals surface area contributed by atoms with E-state index in [-0.39, 0.29) is 6.61 Å². The van der Waals surface area contributed by atoms with E-state index < -0.39 is 26.4 Å². The third-order valence-electron chi connectivity index (χ3n) is 6.17. The molecule has 0 saturated heterocycles. The van der Waals surface area contributed by atoms with Gasteiger partial charge in [0.1, 0.15) is 11.8 Å². The van der Waals surface area contributed by atoms with Crippen molar-refractivity contribution in [2.24, 2.45) is 5.73 Å². The average molecular weight is 570 g/mol. The molecule has 1 aromatic carbocycles. The van der Waals surface area contributed by atoms with Gasteiger partial charge in [-0.25, -0.2) is 4.57 Å². The van der Waals surface area contributed by atoms with Gasteiger partial charge in [0.05, 0.1) is 19.8 Å². The Morgan fingerprint density at radius 1 is 0.895 bits per heavy atom. The van der Waals surface area contributed by atoms with Gasteiger partial charge >= 0.3 is 13.8 Å². The van der Waals surface area contributed by atoms with Gasteiger partial charge in [0.25, 0.3) is 0 Å². The maximum Gasteiger partial charge on any atom is 0.472 e. The molecule has 2 atom stereocenters. The van der Waals surface area contributed by atoms with Gasteiger partial charge in [0, 0.05) is 16.2 Å². The van der Waals surface area contributed by atoms with Gasteiger partial charge in [-0.05, 0) is 43.0 Å². The molecule has 38 heavy (non-hydrogen) atoms. The number of thiophene rings is 1. The highest BCUT2D eigenvalue weighted by Gasteiger charge is 2.24. The molecule has 0 aliphatic carbocycles. The molecule has 0 saturated carbocycles. The molecule has 10 heteroatoms. The molecule has 0 aliphatic rings. The number of para-hydroxylation sites is 1. The van der Waals surface area contributed by atoms with Crippen molar-refractivity contribution < 1.29 is 33.1 Å². The van der Waals surface area contributed by atoms with E-state index in [1.807, 2.05) is 24.3 Å². The van der Waals surface area contributed by atoms with Crippen LogP contribution in [0.5, 0.6) is 5.75 Å². The Morgan fingerprint density at radius 2 is 1.53 bits per heavy atom. The minimum atomic E-state index is -4.35. The van der Waals surface area contributed by atoms with E-state index in [0.717, 1.165) is 36.5 Å². The van der Waals surface area contributed by atoms with Crippen molar-refractivity contribution in [3.63, 3.8) is 0 Å². The van der Waals surface area contributed by atoms with E-state index in [2.05, 4.69) is 23.6 Å². The third-order valence-corrected chi connectivity index (χ3v) is 8.36. The molecule has 1 aromatic heterocycles. The molecular weight excluding hydrogens is 525 g/mol. The molecule has 0 radical (unpaired) electrons. The van der Waals surface area contributed by atoms with Gasteiger partial charge in [0.15, 0.2) is 0 Å². The number of carbonyl (C=O) groups is 1. The molecule has 0 bridgehead atoms. The topological polar surface area (TPSA) is 128 Å². The van der Waals surface area contributed by atoms with Crippen LogP contribution in [0.25, 0.3) is 0 Å². The summed E-state index contributed by atoms with van der Waals surface area (Å²) in [4.78, 5) is 22.6. The van der Waals surface area contributed by atoms with E-state index in [4.69, 9.17) is 20.1 Å². The van der Waals surface area contributed by atoms with Crippen LogP contribution in [0.1, 0.15) is 80.0 Å². The smallest absolute Gasteiger partial charge is 0.472 e. The van der Waals surface area contributed by atoms with Crippen LogP contribution in [0, 0.1) is 0 Å². The zero-order valence-corrected chi connectivity index (χ0v) is 24.2. The van der Waals surface area contributed by atoms with Gasteiger partial charge in [-0.3, -0.25) is 13.8 Å². The molecule has 0 spiro atoms. The number of aryl methyl sites for hydroxylation is 2. The van der Waals surface area contributed by atoms with Crippen molar-refractivity contribution in [2.45, 2.75) is 90.0 Å². The number of unbranched alkanes of at least 4 members (excludes halogenated alkanes) is 8. The van der Waals surface area contributed by atoms with Crippen LogP contribution in [0.2, 0.25) is 0 Å². The average Bonchev–Trinajstić information content (AvgIpc) is 3.35. The lowest BCUT2D eigenvalue weighted by atomic mass is 10.1. The molecule has 1 unspecified atom stereocenters. The lowest BCUT2D eigenvalue weighted by molar-refractivity contribution is -0.139. The molecule has 214 valence electrons. The Kier molecular flexibility index (Phi) is 15.8. The van der Waals surface area contributed by atoms with Gasteiger partial charge in [-0.15, -0.1) is 11.3 Å². The quantitative estimate of drug-likeness (QED) is 0.108. The summed E-state index contributed by atoms with van der Waals surface area (Å²) in [5.41, 5.74) is 6.46. The predicted octanol–water partition coefficient (Wildman–Crippen LogP) is 6.53. The SMILES string of the molecule is CCCCCCCCCCCOc1ccccc1CCc1ccc(CCOP(=O)(O)OC[C@H](N)C(=O)O)s1. The number of carboxylic acid groups (broad SMARTS) is 1. The first-order valence-corrected chi connectivity index (χ1v) is 16.0. The van der Waals surface area contributed by atoms with Gasteiger partial charge in [-0.1, -0.05) is 76.5 Å². The number of phosphoric ester groups is 1. The van der Waals surface area contributed by atoms with Crippen LogP contribution in [0.4, 0.5) is 0 Å². The number of aliphatic carboxylic acids is 1. The van der Waals surface area contributed by atoms with Crippen LogP contribution in [0.3, 0.4) is 0 Å². The summed E-state index contributed by atoms with van der Waals surface area (Å²) in [6.45, 7) is 2.37. The normalized spacial score (nSPS) is 13.8. The predicted molar refractivity (Wildman–Crippen MR) is 152 cm³/mol. The van der Waals surface area contributed by atoms with E-state index >= 15 is 0 Å². The van der Waals surface area contributed by atoms with Crippen LogP contribution in [-0.4, -0.2) is 41.8 Å². The maximum absolute atomic E-state index is 11.9. The zero-order chi connectivity index (χ0) is 27.6. The van der Waals surface area contributed by atoms with E-state index in [1.54, 1.807) is 11.3 Å². The first kappa shape index (κ1) is 32.5. The van der Waals surface area contributed by atoms with Crippen molar-refractivity contribution in [1.82, 2.24) is 0 Å². The van der Waals surface area contributed by atoms with Crippen LogP contribution < -0.4 is 10.5 Å². The third kappa shape index (κ3) is 13.9. The van der Waals surface area contributed by atoms with Crippen molar-refractivity contribution in [2.75, 3.05) is 19.8 Å². The fraction of sp³-hybridized carbons (Fsp3) is 0.607. The molecule has 1 heterocycles. The van der Waals surface area contributed by atoms with Gasteiger partial charge < -0.3 is 20.5 Å². The summed E-state index contributed by atoms with van der Waals surface area (Å²) in [6, 6.07) is 10.9. The van der Waals surface area contributed by atoms with Crippen LogP contribution in [0.15, 0.2) is 36.4 Å². The minimum absolute atomic E-state index is 0.0223. The van der Waals surface area contributed by atoms with E-state index in [9.17, 15) is 14.3 Å². The number of carboxylic acids is 1.